The Morgan fingerprint density at radius 1 is 1.09 bits per heavy atom. The number of nitrogens with one attached hydrogen (secondary N) is 1. The molecule has 0 bridgehead atoms. The predicted molar refractivity (Wildman–Crippen MR) is 87.8 cm³/mol. The van der Waals surface area contributed by atoms with Crippen LogP contribution in [0.5, 0.6) is 0 Å². The average Bonchev–Trinajstić information content (AvgIpc) is 2.82. The van der Waals surface area contributed by atoms with Crippen LogP contribution in [0.2, 0.25) is 0 Å². The molecule has 22 heavy (non-hydrogen) atoms. The molecule has 0 fully saturated rings. The number of nitrogens with zero attached hydrogens (tertiary/aromatic N) is 3. The summed E-state index contributed by atoms with van der Waals surface area (Å²) in [5.74, 6) is 0. The molecule has 0 aliphatic rings. The van der Waals surface area contributed by atoms with E-state index in [0.29, 0.717) is 28.9 Å². The van der Waals surface area contributed by atoms with E-state index in [0.717, 1.165) is 5.56 Å². The van der Waals surface area contributed by atoms with Crippen molar-refractivity contribution in [2.45, 2.75) is 13.0 Å². The first-order chi connectivity index (χ1) is 10.5. The molecule has 0 aliphatic heterocycles. The second kappa shape index (κ2) is 5.42. The minimum absolute atomic E-state index is 0.316. The van der Waals surface area contributed by atoms with Gasteiger partial charge < -0.3 is 9.55 Å². The summed E-state index contributed by atoms with van der Waals surface area (Å²) in [5, 5.41) is 0. The van der Waals surface area contributed by atoms with Crippen LogP contribution in [0.25, 0.3) is 11.2 Å². The van der Waals surface area contributed by atoms with Crippen molar-refractivity contribution in [3.63, 3.8) is 0 Å². The number of rotatable bonds is 3. The molecule has 3 aromatic rings. The van der Waals surface area contributed by atoms with Crippen molar-refractivity contribution in [2.75, 3.05) is 0 Å². The molecule has 114 valence electrons. The molecule has 1 N–H and O–H groups in total. The normalized spacial score (nSPS) is 11.2. The van der Waals surface area contributed by atoms with Crippen LogP contribution in [0.4, 0.5) is 0 Å². The number of aryl methyl sites for hydroxylation is 3. The SMILES string of the molecule is Cn1c(=O)n(CCc2ccccc2)c(=O)c2c1[nH]c(=S)n2C. The highest BCUT2D eigenvalue weighted by atomic mass is 32.1. The van der Waals surface area contributed by atoms with Crippen molar-refractivity contribution < 1.29 is 0 Å². The Kier molecular flexibility index (Phi) is 3.58. The number of fused-ring (bicyclic) bond motifs is 1. The van der Waals surface area contributed by atoms with Gasteiger partial charge in [-0.2, -0.15) is 0 Å². The lowest BCUT2D eigenvalue weighted by atomic mass is 10.1. The van der Waals surface area contributed by atoms with E-state index in [1.807, 2.05) is 30.3 Å². The van der Waals surface area contributed by atoms with Crippen molar-refractivity contribution in [3.05, 3.63) is 61.5 Å². The van der Waals surface area contributed by atoms with Crippen LogP contribution in [0, 0.1) is 4.77 Å². The first-order valence-corrected chi connectivity index (χ1v) is 7.34. The molecule has 6 nitrogen and oxygen atoms in total. The van der Waals surface area contributed by atoms with Gasteiger partial charge in [-0.15, -0.1) is 0 Å². The molecule has 1 aromatic carbocycles. The summed E-state index contributed by atoms with van der Waals surface area (Å²) >= 11 is 5.15. The lowest BCUT2D eigenvalue weighted by molar-refractivity contribution is 0.601. The smallest absolute Gasteiger partial charge is 0.316 e. The first-order valence-electron chi connectivity index (χ1n) is 6.93. The van der Waals surface area contributed by atoms with Crippen LogP contribution < -0.4 is 11.2 Å². The Morgan fingerprint density at radius 3 is 2.45 bits per heavy atom. The fourth-order valence-electron chi connectivity index (χ4n) is 2.57. The molecule has 0 atom stereocenters. The summed E-state index contributed by atoms with van der Waals surface area (Å²) in [6.45, 7) is 0.337. The summed E-state index contributed by atoms with van der Waals surface area (Å²) in [7, 11) is 3.35. The predicted octanol–water partition coefficient (Wildman–Crippen LogP) is 1.34. The monoisotopic (exact) mass is 316 g/mol. The van der Waals surface area contributed by atoms with Crippen LogP contribution in [-0.2, 0) is 27.1 Å². The molecule has 2 heterocycles. The largest absolute Gasteiger partial charge is 0.332 e. The molecule has 0 spiro atoms. The Balaban J connectivity index is 2.14. The van der Waals surface area contributed by atoms with E-state index >= 15 is 0 Å². The molecule has 0 unspecified atom stereocenters. The number of hydrogen-bond acceptors (Lipinski definition) is 3. The molecule has 0 radical (unpaired) electrons. The van der Waals surface area contributed by atoms with E-state index in [9.17, 15) is 9.59 Å². The maximum absolute atomic E-state index is 12.6. The number of aromatic amines is 1. The van der Waals surface area contributed by atoms with Gasteiger partial charge >= 0.3 is 5.69 Å². The maximum Gasteiger partial charge on any atom is 0.332 e. The summed E-state index contributed by atoms with van der Waals surface area (Å²) < 4.78 is 4.71. The van der Waals surface area contributed by atoms with E-state index < -0.39 is 0 Å². The number of hydrogen-bond donors (Lipinski definition) is 1. The van der Waals surface area contributed by atoms with Gasteiger partial charge in [-0.05, 0) is 24.2 Å². The van der Waals surface area contributed by atoms with Gasteiger partial charge in [0.1, 0.15) is 5.65 Å². The van der Waals surface area contributed by atoms with E-state index in [1.54, 1.807) is 18.7 Å². The molecular weight excluding hydrogens is 300 g/mol. The summed E-state index contributed by atoms with van der Waals surface area (Å²) in [6.07, 6.45) is 0.621. The van der Waals surface area contributed by atoms with Gasteiger partial charge in [-0.1, -0.05) is 30.3 Å². The zero-order chi connectivity index (χ0) is 15.9. The van der Waals surface area contributed by atoms with Crippen molar-refractivity contribution >= 4 is 23.4 Å². The second-order valence-electron chi connectivity index (χ2n) is 5.22. The van der Waals surface area contributed by atoms with E-state index in [4.69, 9.17) is 12.2 Å². The highest BCUT2D eigenvalue weighted by Gasteiger charge is 2.15. The second-order valence-corrected chi connectivity index (χ2v) is 5.61. The number of benzene rings is 1. The van der Waals surface area contributed by atoms with E-state index in [2.05, 4.69) is 4.98 Å². The van der Waals surface area contributed by atoms with Crippen molar-refractivity contribution in [2.24, 2.45) is 14.1 Å². The van der Waals surface area contributed by atoms with Crippen LogP contribution in [0.15, 0.2) is 39.9 Å². The van der Waals surface area contributed by atoms with Crippen LogP contribution >= 0.6 is 12.2 Å². The van der Waals surface area contributed by atoms with Gasteiger partial charge in [0, 0.05) is 20.6 Å². The molecule has 2 aromatic heterocycles. The summed E-state index contributed by atoms with van der Waals surface area (Å²) in [6, 6.07) is 9.77. The highest BCUT2D eigenvalue weighted by Crippen LogP contribution is 2.06. The van der Waals surface area contributed by atoms with Crippen molar-refractivity contribution in [1.82, 2.24) is 18.7 Å². The van der Waals surface area contributed by atoms with Crippen LogP contribution in [0.3, 0.4) is 0 Å². The molecular formula is C15H16N4O2S. The van der Waals surface area contributed by atoms with Crippen molar-refractivity contribution in [3.8, 4) is 0 Å². The Morgan fingerprint density at radius 2 is 1.77 bits per heavy atom. The minimum atomic E-state index is -0.342. The Bertz CT molecular complexity index is 1010. The number of imidazole rings is 1. The molecule has 0 saturated heterocycles. The quantitative estimate of drug-likeness (QED) is 0.742. The first kappa shape index (κ1) is 14.5. The fourth-order valence-corrected chi connectivity index (χ4v) is 2.75. The van der Waals surface area contributed by atoms with E-state index in [-0.39, 0.29) is 11.2 Å². The van der Waals surface area contributed by atoms with Gasteiger partial charge in [-0.25, -0.2) is 4.79 Å². The van der Waals surface area contributed by atoms with Gasteiger partial charge in [-0.3, -0.25) is 13.9 Å². The lowest BCUT2D eigenvalue weighted by Gasteiger charge is -2.08. The van der Waals surface area contributed by atoms with Crippen LogP contribution in [0.1, 0.15) is 5.56 Å². The van der Waals surface area contributed by atoms with Gasteiger partial charge in [0.15, 0.2) is 10.3 Å². The van der Waals surface area contributed by atoms with Crippen molar-refractivity contribution in [1.29, 1.82) is 0 Å². The average molecular weight is 316 g/mol. The van der Waals surface area contributed by atoms with Gasteiger partial charge in [0.05, 0.1) is 0 Å². The number of H-pyrrole nitrogens is 1. The van der Waals surface area contributed by atoms with Gasteiger partial charge in [0.25, 0.3) is 5.56 Å². The molecule has 3 rings (SSSR count). The van der Waals surface area contributed by atoms with Crippen LogP contribution in [-0.4, -0.2) is 18.7 Å². The third-order valence-corrected chi connectivity index (χ3v) is 4.23. The summed E-state index contributed by atoms with van der Waals surface area (Å²) in [5.41, 5.74) is 1.30. The Labute approximate surface area is 131 Å². The minimum Gasteiger partial charge on any atom is -0.316 e. The molecule has 0 aliphatic carbocycles. The summed E-state index contributed by atoms with van der Waals surface area (Å²) in [4.78, 5) is 27.9. The zero-order valence-corrected chi connectivity index (χ0v) is 13.2. The molecule has 7 heteroatoms. The third-order valence-electron chi connectivity index (χ3n) is 3.86. The fraction of sp³-hybridized carbons (Fsp3) is 0.267. The lowest BCUT2D eigenvalue weighted by Crippen LogP contribution is -2.40. The van der Waals surface area contributed by atoms with Gasteiger partial charge in [0.2, 0.25) is 0 Å². The zero-order valence-electron chi connectivity index (χ0n) is 12.4. The maximum atomic E-state index is 12.6. The number of aromatic nitrogens is 4. The highest BCUT2D eigenvalue weighted by molar-refractivity contribution is 7.71. The molecule has 0 saturated carbocycles. The molecule has 0 amide bonds. The topological polar surface area (TPSA) is 64.7 Å². The van der Waals surface area contributed by atoms with E-state index in [1.165, 1.54) is 9.13 Å². The third kappa shape index (κ3) is 2.23. The standard InChI is InChI=1S/C15H16N4O2S/c1-17-11-12(16-14(17)22)18(2)15(21)19(13(11)20)9-8-10-6-4-3-5-7-10/h3-7H,8-9H2,1-2H3,(H,16,22). The Hall–Kier alpha value is -2.41.